The Morgan fingerprint density at radius 2 is 1.29 bits per heavy atom. The first-order chi connectivity index (χ1) is 5.90. The van der Waals surface area contributed by atoms with Gasteiger partial charge in [-0.25, -0.2) is 0 Å². The fraction of sp³-hybridized carbons (Fsp3) is 1.00. The molecule has 1 heteroatoms. The molecular formula is C13H29N. The highest BCUT2D eigenvalue weighted by Gasteiger charge is 2.39. The van der Waals surface area contributed by atoms with Gasteiger partial charge in [0.15, 0.2) is 0 Å². The van der Waals surface area contributed by atoms with Crippen LogP contribution in [-0.4, -0.2) is 5.54 Å². The standard InChI is InChI=1S/C13H29N/c1-10(2)12(6,7)9-13(8,14)11(3,4)5/h10H,9,14H2,1-8H3. The van der Waals surface area contributed by atoms with Gasteiger partial charge in [0.2, 0.25) is 0 Å². The van der Waals surface area contributed by atoms with Crippen molar-refractivity contribution in [3.63, 3.8) is 0 Å². The molecule has 0 amide bonds. The summed E-state index contributed by atoms with van der Waals surface area (Å²) in [6, 6.07) is 0. The fourth-order valence-electron chi connectivity index (χ4n) is 1.42. The first kappa shape index (κ1) is 14.0. The van der Waals surface area contributed by atoms with Crippen LogP contribution in [0.25, 0.3) is 0 Å². The summed E-state index contributed by atoms with van der Waals surface area (Å²) in [7, 11) is 0. The maximum Gasteiger partial charge on any atom is 0.0180 e. The lowest BCUT2D eigenvalue weighted by Crippen LogP contribution is -2.52. The summed E-state index contributed by atoms with van der Waals surface area (Å²) in [5.74, 6) is 0.674. The molecule has 0 aliphatic heterocycles. The van der Waals surface area contributed by atoms with Gasteiger partial charge < -0.3 is 5.73 Å². The molecule has 0 aromatic carbocycles. The number of hydrogen-bond acceptors (Lipinski definition) is 1. The third-order valence-corrected chi connectivity index (χ3v) is 4.10. The monoisotopic (exact) mass is 199 g/mol. The summed E-state index contributed by atoms with van der Waals surface area (Å²) < 4.78 is 0. The maximum atomic E-state index is 6.42. The van der Waals surface area contributed by atoms with Crippen LogP contribution < -0.4 is 5.73 Å². The first-order valence-corrected chi connectivity index (χ1v) is 5.69. The van der Waals surface area contributed by atoms with Crippen molar-refractivity contribution in [2.45, 2.75) is 67.3 Å². The molecule has 1 atom stereocenters. The van der Waals surface area contributed by atoms with E-state index in [1.54, 1.807) is 0 Å². The smallest absolute Gasteiger partial charge is 0.0180 e. The van der Waals surface area contributed by atoms with Gasteiger partial charge in [0.1, 0.15) is 0 Å². The highest BCUT2D eigenvalue weighted by molar-refractivity contribution is 4.95. The zero-order chi connectivity index (χ0) is 11.8. The van der Waals surface area contributed by atoms with Crippen molar-refractivity contribution >= 4 is 0 Å². The molecule has 0 heterocycles. The Morgan fingerprint density at radius 3 is 1.50 bits per heavy atom. The van der Waals surface area contributed by atoms with Crippen molar-refractivity contribution in [2.24, 2.45) is 22.5 Å². The van der Waals surface area contributed by atoms with Crippen LogP contribution in [0.2, 0.25) is 0 Å². The molecule has 0 aliphatic rings. The van der Waals surface area contributed by atoms with E-state index in [9.17, 15) is 0 Å². The molecule has 0 saturated heterocycles. The molecule has 1 unspecified atom stereocenters. The fourth-order valence-corrected chi connectivity index (χ4v) is 1.42. The van der Waals surface area contributed by atoms with Crippen LogP contribution in [0.1, 0.15) is 61.8 Å². The SMILES string of the molecule is CC(C)C(C)(C)CC(C)(N)C(C)(C)C. The van der Waals surface area contributed by atoms with E-state index < -0.39 is 0 Å². The molecule has 14 heavy (non-hydrogen) atoms. The summed E-state index contributed by atoms with van der Waals surface area (Å²) >= 11 is 0. The second kappa shape index (κ2) is 3.84. The average molecular weight is 199 g/mol. The van der Waals surface area contributed by atoms with Gasteiger partial charge in [0.25, 0.3) is 0 Å². The van der Waals surface area contributed by atoms with Crippen LogP contribution in [-0.2, 0) is 0 Å². The van der Waals surface area contributed by atoms with Gasteiger partial charge in [0, 0.05) is 5.54 Å². The van der Waals surface area contributed by atoms with Gasteiger partial charge in [-0.1, -0.05) is 48.5 Å². The van der Waals surface area contributed by atoms with Crippen LogP contribution in [0.3, 0.4) is 0 Å². The van der Waals surface area contributed by atoms with Crippen molar-refractivity contribution < 1.29 is 0 Å². The quantitative estimate of drug-likeness (QED) is 0.734. The zero-order valence-corrected chi connectivity index (χ0v) is 11.4. The molecule has 1 nitrogen and oxygen atoms in total. The Bertz CT molecular complexity index is 182. The zero-order valence-electron chi connectivity index (χ0n) is 11.4. The van der Waals surface area contributed by atoms with E-state index in [1.807, 2.05) is 0 Å². The minimum absolute atomic E-state index is 0.0965. The van der Waals surface area contributed by atoms with Gasteiger partial charge in [-0.3, -0.25) is 0 Å². The molecular weight excluding hydrogens is 170 g/mol. The largest absolute Gasteiger partial charge is 0.325 e. The van der Waals surface area contributed by atoms with Crippen molar-refractivity contribution in [3.05, 3.63) is 0 Å². The van der Waals surface area contributed by atoms with Crippen molar-refractivity contribution in [3.8, 4) is 0 Å². The van der Waals surface area contributed by atoms with Crippen LogP contribution >= 0.6 is 0 Å². The Hall–Kier alpha value is -0.0400. The van der Waals surface area contributed by atoms with Crippen LogP contribution in [0, 0.1) is 16.7 Å². The third-order valence-electron chi connectivity index (χ3n) is 4.10. The predicted octanol–water partition coefficient (Wildman–Crippen LogP) is 3.82. The van der Waals surface area contributed by atoms with E-state index in [4.69, 9.17) is 5.73 Å². The van der Waals surface area contributed by atoms with E-state index in [-0.39, 0.29) is 11.0 Å². The highest BCUT2D eigenvalue weighted by Crippen LogP contribution is 2.41. The molecule has 0 rings (SSSR count). The Labute approximate surface area is 90.5 Å². The first-order valence-electron chi connectivity index (χ1n) is 5.69. The van der Waals surface area contributed by atoms with E-state index in [1.165, 1.54) is 0 Å². The molecule has 0 bridgehead atoms. The lowest BCUT2D eigenvalue weighted by molar-refractivity contribution is 0.101. The van der Waals surface area contributed by atoms with E-state index in [0.717, 1.165) is 6.42 Å². The van der Waals surface area contributed by atoms with E-state index in [2.05, 4.69) is 55.4 Å². The predicted molar refractivity (Wildman–Crippen MR) is 65.3 cm³/mol. The maximum absolute atomic E-state index is 6.42. The lowest BCUT2D eigenvalue weighted by Gasteiger charge is -2.45. The van der Waals surface area contributed by atoms with Crippen molar-refractivity contribution in [2.75, 3.05) is 0 Å². The molecule has 0 radical (unpaired) electrons. The van der Waals surface area contributed by atoms with E-state index in [0.29, 0.717) is 11.3 Å². The van der Waals surface area contributed by atoms with Gasteiger partial charge in [-0.15, -0.1) is 0 Å². The van der Waals surface area contributed by atoms with Crippen molar-refractivity contribution in [1.82, 2.24) is 0 Å². The Balaban J connectivity index is 4.67. The number of hydrogen-bond donors (Lipinski definition) is 1. The summed E-state index contributed by atoms with van der Waals surface area (Å²) in [5.41, 5.74) is 6.80. The molecule has 86 valence electrons. The van der Waals surface area contributed by atoms with Gasteiger partial charge in [-0.05, 0) is 30.1 Å². The van der Waals surface area contributed by atoms with E-state index >= 15 is 0 Å². The summed E-state index contributed by atoms with van der Waals surface area (Å²) in [4.78, 5) is 0. The average Bonchev–Trinajstić information content (AvgIpc) is 1.80. The number of rotatable bonds is 3. The third kappa shape index (κ3) is 3.27. The second-order valence-electron chi connectivity index (χ2n) is 6.99. The van der Waals surface area contributed by atoms with Crippen LogP contribution in [0.4, 0.5) is 0 Å². The molecule has 0 saturated carbocycles. The summed E-state index contributed by atoms with van der Waals surface area (Å²) in [6.07, 6.45) is 1.07. The van der Waals surface area contributed by atoms with Crippen LogP contribution in [0.5, 0.6) is 0 Å². The molecule has 0 spiro atoms. The molecule has 0 aromatic heterocycles. The second-order valence-corrected chi connectivity index (χ2v) is 6.99. The molecule has 0 aromatic rings. The van der Waals surface area contributed by atoms with Crippen molar-refractivity contribution in [1.29, 1.82) is 0 Å². The van der Waals surface area contributed by atoms with Gasteiger partial charge >= 0.3 is 0 Å². The normalized spacial score (nSPS) is 18.4. The van der Waals surface area contributed by atoms with Gasteiger partial charge in [-0.2, -0.15) is 0 Å². The van der Waals surface area contributed by atoms with Crippen LogP contribution in [0.15, 0.2) is 0 Å². The number of nitrogens with two attached hydrogens (primary N) is 1. The molecule has 2 N–H and O–H groups in total. The molecule has 0 fully saturated rings. The van der Waals surface area contributed by atoms with Gasteiger partial charge in [0.05, 0.1) is 0 Å². The summed E-state index contributed by atoms with van der Waals surface area (Å²) in [5, 5.41) is 0. The minimum atomic E-state index is -0.0965. The lowest BCUT2D eigenvalue weighted by atomic mass is 9.64. The summed E-state index contributed by atoms with van der Waals surface area (Å²) in [6.45, 7) is 18.0. The topological polar surface area (TPSA) is 26.0 Å². The molecule has 0 aliphatic carbocycles. The Kier molecular flexibility index (Phi) is 3.83. The minimum Gasteiger partial charge on any atom is -0.325 e. The Morgan fingerprint density at radius 1 is 0.929 bits per heavy atom. The highest BCUT2D eigenvalue weighted by atomic mass is 14.8.